The summed E-state index contributed by atoms with van der Waals surface area (Å²) in [6, 6.07) is 21.8. The number of carbonyl (C=O) groups excluding carboxylic acids is 1. The number of fused-ring (bicyclic) bond motifs is 1. The molecule has 0 aliphatic heterocycles. The predicted octanol–water partition coefficient (Wildman–Crippen LogP) is 4.94. The third-order valence-electron chi connectivity index (χ3n) is 4.63. The molecule has 1 N–H and O–H groups in total. The first-order valence-corrected chi connectivity index (χ1v) is 10.5. The molecule has 0 saturated heterocycles. The molecule has 0 spiro atoms. The Morgan fingerprint density at radius 1 is 1.03 bits per heavy atom. The first-order chi connectivity index (χ1) is 14.1. The molecule has 0 bridgehead atoms. The van der Waals surface area contributed by atoms with Crippen LogP contribution in [0.4, 0.5) is 5.69 Å². The van der Waals surface area contributed by atoms with Crippen LogP contribution in [0.3, 0.4) is 0 Å². The van der Waals surface area contributed by atoms with Crippen molar-refractivity contribution in [3.63, 3.8) is 0 Å². The Balaban J connectivity index is 1.43. The van der Waals surface area contributed by atoms with Crippen LogP contribution in [0.25, 0.3) is 10.8 Å². The second-order valence-electron chi connectivity index (χ2n) is 6.59. The Kier molecular flexibility index (Phi) is 5.83. The van der Waals surface area contributed by atoms with E-state index in [-0.39, 0.29) is 11.7 Å². The van der Waals surface area contributed by atoms with E-state index in [1.54, 1.807) is 12.1 Å². The third kappa shape index (κ3) is 4.44. The van der Waals surface area contributed by atoms with Gasteiger partial charge in [0.2, 0.25) is 5.91 Å². The van der Waals surface area contributed by atoms with Crippen molar-refractivity contribution in [2.75, 3.05) is 11.1 Å². The van der Waals surface area contributed by atoms with E-state index in [0.717, 1.165) is 5.82 Å². The van der Waals surface area contributed by atoms with Crippen molar-refractivity contribution in [3.05, 3.63) is 83.1 Å². The number of hydrogen-bond acceptors (Lipinski definition) is 4. The lowest BCUT2D eigenvalue weighted by atomic mass is 10.0. The average Bonchev–Trinajstić information content (AvgIpc) is 3.08. The van der Waals surface area contributed by atoms with Gasteiger partial charge in [-0.3, -0.25) is 4.79 Å². The second kappa shape index (κ2) is 8.68. The lowest BCUT2D eigenvalue weighted by Gasteiger charge is -2.08. The number of halogens is 1. The Hall–Kier alpha value is -2.83. The van der Waals surface area contributed by atoms with Crippen LogP contribution in [0, 0.1) is 0 Å². The zero-order valence-corrected chi connectivity index (χ0v) is 17.4. The van der Waals surface area contributed by atoms with Crippen LogP contribution < -0.4 is 5.32 Å². The number of nitrogens with one attached hydrogen (secondary N) is 1. The van der Waals surface area contributed by atoms with E-state index in [2.05, 4.69) is 45.8 Å². The van der Waals surface area contributed by atoms with Crippen molar-refractivity contribution in [2.24, 2.45) is 7.05 Å². The number of thioether (sulfide) groups is 1. The van der Waals surface area contributed by atoms with E-state index in [9.17, 15) is 4.79 Å². The molecule has 7 heteroatoms. The fraction of sp³-hybridized carbons (Fsp3) is 0.136. The Labute approximate surface area is 178 Å². The van der Waals surface area contributed by atoms with Gasteiger partial charge in [0, 0.05) is 13.5 Å². The summed E-state index contributed by atoms with van der Waals surface area (Å²) in [6.45, 7) is 0. The normalized spacial score (nSPS) is 11.0. The molecule has 0 saturated carbocycles. The van der Waals surface area contributed by atoms with Gasteiger partial charge in [0.1, 0.15) is 5.82 Å². The van der Waals surface area contributed by atoms with Crippen LogP contribution in [0.15, 0.2) is 71.9 Å². The lowest BCUT2D eigenvalue weighted by Crippen LogP contribution is -2.14. The van der Waals surface area contributed by atoms with Gasteiger partial charge in [-0.25, -0.2) is 0 Å². The fourth-order valence-electron chi connectivity index (χ4n) is 3.12. The Morgan fingerprint density at radius 2 is 1.79 bits per heavy atom. The van der Waals surface area contributed by atoms with E-state index in [0.29, 0.717) is 22.3 Å². The molecule has 0 atom stereocenters. The summed E-state index contributed by atoms with van der Waals surface area (Å²) in [5.74, 6) is 0.947. The van der Waals surface area contributed by atoms with Crippen LogP contribution in [0.1, 0.15) is 11.4 Å². The highest BCUT2D eigenvalue weighted by atomic mass is 35.5. The van der Waals surface area contributed by atoms with Gasteiger partial charge in [-0.15, -0.1) is 10.2 Å². The number of para-hydroxylation sites is 1. The highest BCUT2D eigenvalue weighted by Gasteiger charge is 2.13. The quantitative estimate of drug-likeness (QED) is 0.447. The molecule has 4 aromatic rings. The molecule has 0 radical (unpaired) electrons. The summed E-state index contributed by atoms with van der Waals surface area (Å²) >= 11 is 7.43. The third-order valence-corrected chi connectivity index (χ3v) is 5.98. The van der Waals surface area contributed by atoms with Crippen LogP contribution in [-0.2, 0) is 18.3 Å². The monoisotopic (exact) mass is 422 g/mol. The Bertz CT molecular complexity index is 1170. The zero-order valence-electron chi connectivity index (χ0n) is 15.8. The minimum atomic E-state index is -0.137. The summed E-state index contributed by atoms with van der Waals surface area (Å²) in [4.78, 5) is 12.2. The van der Waals surface area contributed by atoms with Gasteiger partial charge in [0.25, 0.3) is 0 Å². The average molecular weight is 423 g/mol. The molecule has 0 aliphatic rings. The molecule has 146 valence electrons. The number of amides is 1. The summed E-state index contributed by atoms with van der Waals surface area (Å²) < 4.78 is 1.94. The topological polar surface area (TPSA) is 59.8 Å². The molecular weight excluding hydrogens is 404 g/mol. The van der Waals surface area contributed by atoms with Gasteiger partial charge in [0.05, 0.1) is 16.5 Å². The summed E-state index contributed by atoms with van der Waals surface area (Å²) in [5, 5.41) is 15.0. The second-order valence-corrected chi connectivity index (χ2v) is 7.94. The van der Waals surface area contributed by atoms with E-state index in [4.69, 9.17) is 11.6 Å². The molecule has 29 heavy (non-hydrogen) atoms. The summed E-state index contributed by atoms with van der Waals surface area (Å²) in [7, 11) is 1.93. The predicted molar refractivity (Wildman–Crippen MR) is 119 cm³/mol. The van der Waals surface area contributed by atoms with Crippen LogP contribution in [0.5, 0.6) is 0 Å². The molecule has 0 aliphatic carbocycles. The first-order valence-electron chi connectivity index (χ1n) is 9.14. The highest BCUT2D eigenvalue weighted by molar-refractivity contribution is 7.99. The molecule has 0 unspecified atom stereocenters. The van der Waals surface area contributed by atoms with E-state index < -0.39 is 0 Å². The molecule has 1 amide bonds. The molecule has 5 nitrogen and oxygen atoms in total. The number of hydrogen-bond donors (Lipinski definition) is 1. The van der Waals surface area contributed by atoms with Crippen LogP contribution in [0.2, 0.25) is 5.02 Å². The number of carbonyl (C=O) groups is 1. The van der Waals surface area contributed by atoms with E-state index in [1.807, 2.05) is 35.9 Å². The minimum absolute atomic E-state index is 0.137. The van der Waals surface area contributed by atoms with Crippen molar-refractivity contribution < 1.29 is 4.79 Å². The standard InChI is InChI=1S/C22H19ClN4OS/c1-27-20(13-16-9-6-8-15-7-2-3-10-17(15)16)25-26-22(27)29-14-21(28)24-19-12-5-4-11-18(19)23/h2-12H,13-14H2,1H3,(H,24,28). The molecular formula is C22H19ClN4OS. The molecule has 0 fully saturated rings. The van der Waals surface area contributed by atoms with Gasteiger partial charge in [0.15, 0.2) is 5.16 Å². The maximum atomic E-state index is 12.2. The smallest absolute Gasteiger partial charge is 0.234 e. The first kappa shape index (κ1) is 19.5. The van der Waals surface area contributed by atoms with Gasteiger partial charge in [-0.05, 0) is 28.5 Å². The Morgan fingerprint density at radius 3 is 2.66 bits per heavy atom. The van der Waals surface area contributed by atoms with Crippen molar-refractivity contribution >= 4 is 45.7 Å². The number of benzene rings is 3. The maximum Gasteiger partial charge on any atom is 0.234 e. The van der Waals surface area contributed by atoms with Crippen molar-refractivity contribution in [1.82, 2.24) is 14.8 Å². The van der Waals surface area contributed by atoms with Gasteiger partial charge in [-0.1, -0.05) is 78.0 Å². The van der Waals surface area contributed by atoms with E-state index >= 15 is 0 Å². The molecule has 1 aromatic heterocycles. The van der Waals surface area contributed by atoms with Gasteiger partial charge < -0.3 is 9.88 Å². The van der Waals surface area contributed by atoms with E-state index in [1.165, 1.54) is 28.1 Å². The number of aromatic nitrogens is 3. The zero-order chi connectivity index (χ0) is 20.2. The summed E-state index contributed by atoms with van der Waals surface area (Å²) in [5.41, 5.74) is 1.81. The lowest BCUT2D eigenvalue weighted by molar-refractivity contribution is -0.113. The minimum Gasteiger partial charge on any atom is -0.324 e. The van der Waals surface area contributed by atoms with Crippen LogP contribution in [-0.4, -0.2) is 26.4 Å². The fourth-order valence-corrected chi connectivity index (χ4v) is 4.03. The molecule has 3 aromatic carbocycles. The van der Waals surface area contributed by atoms with Gasteiger partial charge in [-0.2, -0.15) is 0 Å². The van der Waals surface area contributed by atoms with Crippen molar-refractivity contribution in [2.45, 2.75) is 11.6 Å². The van der Waals surface area contributed by atoms with Crippen molar-refractivity contribution in [3.8, 4) is 0 Å². The SMILES string of the molecule is Cn1c(Cc2cccc3ccccc23)nnc1SCC(=O)Nc1ccccc1Cl. The van der Waals surface area contributed by atoms with Crippen LogP contribution >= 0.6 is 23.4 Å². The largest absolute Gasteiger partial charge is 0.324 e. The number of nitrogens with zero attached hydrogens (tertiary/aromatic N) is 3. The van der Waals surface area contributed by atoms with Crippen molar-refractivity contribution in [1.29, 1.82) is 0 Å². The number of rotatable bonds is 6. The van der Waals surface area contributed by atoms with Gasteiger partial charge >= 0.3 is 0 Å². The number of anilines is 1. The highest BCUT2D eigenvalue weighted by Crippen LogP contribution is 2.24. The summed E-state index contributed by atoms with van der Waals surface area (Å²) in [6.07, 6.45) is 0.678. The molecule has 4 rings (SSSR count). The maximum absolute atomic E-state index is 12.2. The molecule has 1 heterocycles.